The van der Waals surface area contributed by atoms with Crippen molar-refractivity contribution < 1.29 is 14.7 Å². The summed E-state index contributed by atoms with van der Waals surface area (Å²) in [6.07, 6.45) is 12.6. The summed E-state index contributed by atoms with van der Waals surface area (Å²) in [6.45, 7) is 6.45. The lowest BCUT2D eigenvalue weighted by Gasteiger charge is -2.58. The molecule has 1 aromatic heterocycles. The number of rotatable bonds is 6. The van der Waals surface area contributed by atoms with Crippen molar-refractivity contribution in [3.05, 3.63) is 48.2 Å². The quantitative estimate of drug-likeness (QED) is 0.275. The first-order valence-corrected chi connectivity index (χ1v) is 12.9. The summed E-state index contributed by atoms with van der Waals surface area (Å²) >= 11 is 1.52. The summed E-state index contributed by atoms with van der Waals surface area (Å²) in [5.74, 6) is 1.64. The number of allylic oxidation sites excluding steroid dienone is 4. The molecule has 32 heavy (non-hydrogen) atoms. The maximum Gasteiger partial charge on any atom is 0.146 e. The predicted molar refractivity (Wildman–Crippen MR) is 128 cm³/mol. The van der Waals surface area contributed by atoms with E-state index >= 15 is 0 Å². The molecule has 3 aliphatic rings. The van der Waals surface area contributed by atoms with Gasteiger partial charge in [0.15, 0.2) is 0 Å². The lowest BCUT2D eigenvalue weighted by atomic mass is 9.47. The van der Waals surface area contributed by atoms with Gasteiger partial charge in [-0.3, -0.25) is 9.59 Å². The number of thioether (sulfide) groups is 1. The van der Waals surface area contributed by atoms with E-state index in [0.29, 0.717) is 29.8 Å². The van der Waals surface area contributed by atoms with E-state index < -0.39 is 6.10 Å². The molecule has 4 rings (SSSR count). The van der Waals surface area contributed by atoms with Crippen molar-refractivity contribution in [2.75, 3.05) is 5.75 Å². The zero-order valence-corrected chi connectivity index (χ0v) is 20.2. The average Bonchev–Trinajstić information content (AvgIpc) is 3.11. The van der Waals surface area contributed by atoms with Gasteiger partial charge in [-0.05, 0) is 74.5 Å². The number of nitrogens with zero attached hydrogens (tertiary/aromatic N) is 1. The highest BCUT2D eigenvalue weighted by molar-refractivity contribution is 7.99. The second kappa shape index (κ2) is 9.26. The van der Waals surface area contributed by atoms with E-state index in [-0.39, 0.29) is 22.7 Å². The van der Waals surface area contributed by atoms with Crippen molar-refractivity contribution in [2.24, 2.45) is 34.5 Å². The normalized spacial score (nSPS) is 40.2. The van der Waals surface area contributed by atoms with Crippen molar-refractivity contribution in [1.29, 1.82) is 0 Å². The monoisotopic (exact) mass is 453 g/mol. The first-order chi connectivity index (χ1) is 15.3. The maximum atomic E-state index is 13.3. The predicted octanol–water partition coefficient (Wildman–Crippen LogP) is 5.27. The van der Waals surface area contributed by atoms with Gasteiger partial charge in [0.05, 0.1) is 16.9 Å². The molecule has 0 saturated heterocycles. The van der Waals surface area contributed by atoms with Crippen LogP contribution in [0, 0.1) is 34.5 Å². The molecular weight excluding hydrogens is 418 g/mol. The Balaban J connectivity index is 1.57. The van der Waals surface area contributed by atoms with E-state index in [0.717, 1.165) is 42.6 Å². The van der Waals surface area contributed by atoms with Crippen LogP contribution >= 0.6 is 11.8 Å². The molecular formula is C27H35NO3S. The number of carbonyl (C=O) groups is 2. The molecule has 0 amide bonds. The molecule has 0 radical (unpaired) electrons. The van der Waals surface area contributed by atoms with Gasteiger partial charge in [0.2, 0.25) is 0 Å². The van der Waals surface area contributed by atoms with Crippen molar-refractivity contribution in [2.45, 2.75) is 64.0 Å². The van der Waals surface area contributed by atoms with Crippen LogP contribution in [-0.4, -0.2) is 34.0 Å². The van der Waals surface area contributed by atoms with Crippen LogP contribution in [0.2, 0.25) is 0 Å². The van der Waals surface area contributed by atoms with Crippen LogP contribution in [0.25, 0.3) is 0 Å². The smallest absolute Gasteiger partial charge is 0.146 e. The van der Waals surface area contributed by atoms with E-state index in [2.05, 4.69) is 31.0 Å². The van der Waals surface area contributed by atoms with Crippen LogP contribution in [0.1, 0.15) is 52.9 Å². The number of hydrogen-bond donors (Lipinski definition) is 1. The molecule has 3 saturated carbocycles. The second-order valence-electron chi connectivity index (χ2n) is 10.3. The molecule has 7 atom stereocenters. The zero-order chi connectivity index (χ0) is 22.9. The Morgan fingerprint density at radius 2 is 2.09 bits per heavy atom. The Labute approximate surface area is 196 Å². The molecule has 0 aliphatic heterocycles. The molecule has 5 heteroatoms. The third-order valence-corrected chi connectivity index (χ3v) is 9.72. The topological polar surface area (TPSA) is 67.3 Å². The SMILES string of the molecule is C/C=C\C1(C)/C(=C\C=O)CCC2C1C(O)CC1(C)C(C(=O)CSc3ccccn3)CCC21. The fourth-order valence-corrected chi connectivity index (χ4v) is 8.32. The summed E-state index contributed by atoms with van der Waals surface area (Å²) in [7, 11) is 0. The van der Waals surface area contributed by atoms with E-state index in [1.54, 1.807) is 12.3 Å². The molecule has 7 unspecified atom stereocenters. The summed E-state index contributed by atoms with van der Waals surface area (Å²) in [5.41, 5.74) is 0.660. The molecule has 0 aromatic carbocycles. The standard InChI is InChI=1S/C27H35NO3S/c1-4-13-26(2)18(12-15-29)8-9-19-20-10-11-21(27(20,3)16-22(30)25(19)26)23(31)17-32-24-7-5-6-14-28-24/h4-7,12-15,19-22,25,30H,8-11,16-17H2,1-3H3/b13-4-,18-12-. The Morgan fingerprint density at radius 3 is 2.78 bits per heavy atom. The van der Waals surface area contributed by atoms with Crippen LogP contribution in [0.4, 0.5) is 0 Å². The molecule has 4 nitrogen and oxygen atoms in total. The van der Waals surface area contributed by atoms with E-state index in [4.69, 9.17) is 0 Å². The lowest BCUT2D eigenvalue weighted by molar-refractivity contribution is -0.136. The second-order valence-corrected chi connectivity index (χ2v) is 11.3. The number of fused-ring (bicyclic) bond motifs is 3. The van der Waals surface area contributed by atoms with Gasteiger partial charge in [0.1, 0.15) is 12.1 Å². The fourth-order valence-electron chi connectivity index (χ4n) is 7.52. The van der Waals surface area contributed by atoms with Crippen LogP contribution < -0.4 is 0 Å². The highest BCUT2D eigenvalue weighted by Crippen LogP contribution is 2.65. The Bertz CT molecular complexity index is 913. The Morgan fingerprint density at radius 1 is 1.28 bits per heavy atom. The number of carbonyl (C=O) groups excluding carboxylic acids is 2. The third-order valence-electron chi connectivity index (χ3n) is 8.75. The number of aliphatic hydroxyl groups is 1. The van der Waals surface area contributed by atoms with Crippen molar-refractivity contribution in [3.63, 3.8) is 0 Å². The summed E-state index contributed by atoms with van der Waals surface area (Å²) in [4.78, 5) is 29.0. The van der Waals surface area contributed by atoms with Gasteiger partial charge < -0.3 is 5.11 Å². The van der Waals surface area contributed by atoms with Crippen LogP contribution in [-0.2, 0) is 9.59 Å². The highest BCUT2D eigenvalue weighted by Gasteiger charge is 2.62. The average molecular weight is 454 g/mol. The molecule has 0 bridgehead atoms. The van der Waals surface area contributed by atoms with Crippen LogP contribution in [0.15, 0.2) is 53.2 Å². The van der Waals surface area contributed by atoms with Gasteiger partial charge in [-0.15, -0.1) is 0 Å². The number of aldehydes is 1. The van der Waals surface area contributed by atoms with Gasteiger partial charge in [-0.1, -0.05) is 49.4 Å². The summed E-state index contributed by atoms with van der Waals surface area (Å²) < 4.78 is 0. The first kappa shape index (κ1) is 23.4. The number of aromatic nitrogens is 1. The van der Waals surface area contributed by atoms with Crippen LogP contribution in [0.3, 0.4) is 0 Å². The molecule has 1 N–H and O–H groups in total. The molecule has 1 aromatic rings. The molecule has 172 valence electrons. The number of ketones is 1. The number of aliphatic hydroxyl groups excluding tert-OH is 1. The van der Waals surface area contributed by atoms with Crippen molar-refractivity contribution in [1.82, 2.24) is 4.98 Å². The van der Waals surface area contributed by atoms with Gasteiger partial charge in [-0.25, -0.2) is 4.98 Å². The Hall–Kier alpha value is -1.72. The maximum absolute atomic E-state index is 13.3. The number of hydrogen-bond acceptors (Lipinski definition) is 5. The minimum absolute atomic E-state index is 0.000741. The first-order valence-electron chi connectivity index (χ1n) is 11.9. The fraction of sp³-hybridized carbons (Fsp3) is 0.593. The van der Waals surface area contributed by atoms with E-state index in [9.17, 15) is 14.7 Å². The van der Waals surface area contributed by atoms with Gasteiger partial charge in [-0.2, -0.15) is 0 Å². The number of Topliss-reactive ketones (excluding diaryl/α,β-unsaturated/α-hetero) is 1. The summed E-state index contributed by atoms with van der Waals surface area (Å²) in [6, 6.07) is 5.78. The van der Waals surface area contributed by atoms with Crippen LogP contribution in [0.5, 0.6) is 0 Å². The molecule has 1 heterocycles. The number of pyridine rings is 1. The van der Waals surface area contributed by atoms with Crippen molar-refractivity contribution >= 4 is 23.8 Å². The van der Waals surface area contributed by atoms with Gasteiger partial charge in [0, 0.05) is 23.4 Å². The van der Waals surface area contributed by atoms with Gasteiger partial charge in [0.25, 0.3) is 0 Å². The summed E-state index contributed by atoms with van der Waals surface area (Å²) in [5, 5.41) is 12.4. The van der Waals surface area contributed by atoms with E-state index in [1.165, 1.54) is 11.8 Å². The minimum Gasteiger partial charge on any atom is -0.393 e. The largest absolute Gasteiger partial charge is 0.393 e. The lowest BCUT2D eigenvalue weighted by Crippen LogP contribution is -2.56. The molecule has 3 aliphatic carbocycles. The Kier molecular flexibility index (Phi) is 6.78. The van der Waals surface area contributed by atoms with Gasteiger partial charge >= 0.3 is 0 Å². The third kappa shape index (κ3) is 3.92. The molecule has 3 fully saturated rings. The zero-order valence-electron chi connectivity index (χ0n) is 19.4. The molecule has 0 spiro atoms. The van der Waals surface area contributed by atoms with E-state index in [1.807, 2.05) is 25.1 Å². The highest BCUT2D eigenvalue weighted by atomic mass is 32.2. The minimum atomic E-state index is -0.477. The van der Waals surface area contributed by atoms with Crippen molar-refractivity contribution in [3.8, 4) is 0 Å².